The first-order chi connectivity index (χ1) is 10.4. The lowest BCUT2D eigenvalue weighted by Gasteiger charge is -2.32. The summed E-state index contributed by atoms with van der Waals surface area (Å²) in [5.41, 5.74) is 0. The molecule has 0 heterocycles. The minimum atomic E-state index is -1.87. The molecule has 2 heteroatoms. The van der Waals surface area contributed by atoms with Gasteiger partial charge in [0.1, 0.15) is 0 Å². The van der Waals surface area contributed by atoms with Gasteiger partial charge in [0.2, 0.25) is 0 Å². The topological polar surface area (TPSA) is 0 Å². The molecule has 3 aromatic rings. The standard InChI is InChI=1S/C19H19PSi/c1-20-21(17-11-5-2-6-12-17,18-13-7-3-8-14-18)19-15-9-4-10-16-19/h2-16,20H,1H3. The van der Waals surface area contributed by atoms with E-state index in [1.54, 1.807) is 0 Å². The lowest BCUT2D eigenvalue weighted by Crippen LogP contribution is -2.63. The molecule has 21 heavy (non-hydrogen) atoms. The first-order valence-electron chi connectivity index (χ1n) is 7.23. The van der Waals surface area contributed by atoms with Crippen molar-refractivity contribution in [3.63, 3.8) is 0 Å². The molecular formula is C19H19PSi. The molecule has 3 rings (SSSR count). The minimum Gasteiger partial charge on any atom is -0.123 e. The summed E-state index contributed by atoms with van der Waals surface area (Å²) >= 11 is 0. The van der Waals surface area contributed by atoms with Crippen LogP contribution < -0.4 is 15.6 Å². The highest BCUT2D eigenvalue weighted by Crippen LogP contribution is 2.23. The minimum absolute atomic E-state index is 0.890. The smallest absolute Gasteiger partial charge is 0.123 e. The summed E-state index contributed by atoms with van der Waals surface area (Å²) in [4.78, 5) is 0. The van der Waals surface area contributed by atoms with Crippen LogP contribution in [0, 0.1) is 0 Å². The fourth-order valence-corrected chi connectivity index (χ4v) is 11.0. The van der Waals surface area contributed by atoms with E-state index in [9.17, 15) is 0 Å². The summed E-state index contributed by atoms with van der Waals surface area (Å²) in [6.07, 6.45) is 0. The van der Waals surface area contributed by atoms with Gasteiger partial charge in [0.25, 0.3) is 0 Å². The molecule has 1 unspecified atom stereocenters. The summed E-state index contributed by atoms with van der Waals surface area (Å²) in [5.74, 6) is 0. The third kappa shape index (κ3) is 2.60. The van der Waals surface area contributed by atoms with E-state index >= 15 is 0 Å². The zero-order chi connectivity index (χ0) is 14.5. The van der Waals surface area contributed by atoms with Gasteiger partial charge < -0.3 is 0 Å². The maximum absolute atomic E-state index is 2.36. The molecule has 0 amide bonds. The van der Waals surface area contributed by atoms with Crippen molar-refractivity contribution < 1.29 is 0 Å². The van der Waals surface area contributed by atoms with Crippen LogP contribution in [0.2, 0.25) is 0 Å². The Kier molecular flexibility index (Phi) is 4.33. The summed E-state index contributed by atoms with van der Waals surface area (Å²) in [5, 5.41) is 4.51. The second-order valence-corrected chi connectivity index (χ2v) is 12.6. The SMILES string of the molecule is CP[Si](c1ccccc1)(c1ccccc1)c1ccccc1. The zero-order valence-electron chi connectivity index (χ0n) is 12.2. The maximum Gasteiger partial charge on any atom is 0.171 e. The van der Waals surface area contributed by atoms with Crippen LogP contribution in [0.5, 0.6) is 0 Å². The van der Waals surface area contributed by atoms with Gasteiger partial charge in [-0.05, 0) is 22.2 Å². The van der Waals surface area contributed by atoms with E-state index in [-0.39, 0.29) is 0 Å². The molecule has 0 aromatic heterocycles. The first-order valence-corrected chi connectivity index (χ1v) is 11.7. The van der Waals surface area contributed by atoms with Crippen molar-refractivity contribution >= 4 is 31.4 Å². The van der Waals surface area contributed by atoms with Gasteiger partial charge in [-0.15, -0.1) is 8.13 Å². The van der Waals surface area contributed by atoms with Gasteiger partial charge in [0, 0.05) is 0 Å². The lowest BCUT2D eigenvalue weighted by molar-refractivity contribution is 1.70. The molecule has 0 fully saturated rings. The van der Waals surface area contributed by atoms with Gasteiger partial charge in [-0.25, -0.2) is 0 Å². The van der Waals surface area contributed by atoms with Gasteiger partial charge in [-0.2, -0.15) is 0 Å². The molecule has 0 radical (unpaired) electrons. The Hall–Kier alpha value is -1.69. The third-order valence-electron chi connectivity index (χ3n) is 4.00. The van der Waals surface area contributed by atoms with Crippen molar-refractivity contribution in [3.05, 3.63) is 91.0 Å². The third-order valence-corrected chi connectivity index (χ3v) is 13.2. The number of rotatable bonds is 4. The van der Waals surface area contributed by atoms with Crippen LogP contribution in [0.1, 0.15) is 0 Å². The number of hydrogen-bond donors (Lipinski definition) is 0. The van der Waals surface area contributed by atoms with E-state index in [0.29, 0.717) is 0 Å². The van der Waals surface area contributed by atoms with E-state index < -0.39 is 7.74 Å². The van der Waals surface area contributed by atoms with Crippen LogP contribution in [-0.4, -0.2) is 14.4 Å². The average Bonchev–Trinajstić information content (AvgIpc) is 2.59. The van der Waals surface area contributed by atoms with Crippen molar-refractivity contribution in [1.82, 2.24) is 0 Å². The molecule has 3 aromatic carbocycles. The van der Waals surface area contributed by atoms with Gasteiger partial charge >= 0.3 is 0 Å². The van der Waals surface area contributed by atoms with E-state index in [1.165, 1.54) is 15.6 Å². The summed E-state index contributed by atoms with van der Waals surface area (Å²) in [7, 11) is -0.980. The van der Waals surface area contributed by atoms with E-state index in [4.69, 9.17) is 0 Å². The van der Waals surface area contributed by atoms with Crippen LogP contribution >= 0.6 is 8.13 Å². The van der Waals surface area contributed by atoms with Crippen LogP contribution in [0.25, 0.3) is 0 Å². The normalized spacial score (nSPS) is 11.9. The molecule has 0 spiro atoms. The number of hydrogen-bond acceptors (Lipinski definition) is 0. The maximum atomic E-state index is 2.36. The molecule has 0 saturated carbocycles. The van der Waals surface area contributed by atoms with Crippen molar-refractivity contribution in [3.8, 4) is 0 Å². The number of benzene rings is 3. The van der Waals surface area contributed by atoms with Gasteiger partial charge in [-0.1, -0.05) is 91.0 Å². The quantitative estimate of drug-likeness (QED) is 0.395. The Morgan fingerprint density at radius 3 is 1.05 bits per heavy atom. The molecule has 104 valence electrons. The van der Waals surface area contributed by atoms with Crippen LogP contribution in [-0.2, 0) is 0 Å². The monoisotopic (exact) mass is 306 g/mol. The van der Waals surface area contributed by atoms with E-state index in [2.05, 4.69) is 97.7 Å². The summed E-state index contributed by atoms with van der Waals surface area (Å²) in [6.45, 7) is 2.36. The molecule has 0 nitrogen and oxygen atoms in total. The molecule has 0 bridgehead atoms. The zero-order valence-corrected chi connectivity index (χ0v) is 14.2. The Morgan fingerprint density at radius 1 is 0.524 bits per heavy atom. The second kappa shape index (κ2) is 6.38. The Morgan fingerprint density at radius 2 is 0.810 bits per heavy atom. The molecule has 0 saturated heterocycles. The molecule has 0 aliphatic heterocycles. The highest BCUT2D eigenvalue weighted by atomic mass is 31.3. The highest BCUT2D eigenvalue weighted by molar-refractivity contribution is 7.89. The van der Waals surface area contributed by atoms with Crippen molar-refractivity contribution in [2.45, 2.75) is 0 Å². The molecule has 0 N–H and O–H groups in total. The van der Waals surface area contributed by atoms with E-state index in [1.807, 2.05) is 0 Å². The molecule has 0 aliphatic carbocycles. The van der Waals surface area contributed by atoms with Gasteiger partial charge in [0.05, 0.1) is 0 Å². The fourth-order valence-electron chi connectivity index (χ4n) is 3.00. The van der Waals surface area contributed by atoms with Crippen molar-refractivity contribution in [1.29, 1.82) is 0 Å². The second-order valence-electron chi connectivity index (χ2n) is 5.10. The van der Waals surface area contributed by atoms with E-state index in [0.717, 1.165) is 8.13 Å². The predicted molar refractivity (Wildman–Crippen MR) is 98.2 cm³/mol. The largest absolute Gasteiger partial charge is 0.171 e. The summed E-state index contributed by atoms with van der Waals surface area (Å²) < 4.78 is 0. The Balaban J connectivity index is 2.29. The molecular weight excluding hydrogens is 287 g/mol. The summed E-state index contributed by atoms with van der Waals surface area (Å²) in [6, 6.07) is 33.2. The average molecular weight is 306 g/mol. The fraction of sp³-hybridized carbons (Fsp3) is 0.0526. The van der Waals surface area contributed by atoms with Crippen LogP contribution in [0.3, 0.4) is 0 Å². The highest BCUT2D eigenvalue weighted by Gasteiger charge is 2.37. The van der Waals surface area contributed by atoms with Crippen LogP contribution in [0.4, 0.5) is 0 Å². The Labute approximate surface area is 129 Å². The molecule has 1 atom stereocenters. The first kappa shape index (κ1) is 14.3. The van der Waals surface area contributed by atoms with Gasteiger partial charge in [-0.3, -0.25) is 0 Å². The predicted octanol–water partition coefficient (Wildman–Crippen LogP) is 2.96. The molecule has 0 aliphatic rings. The van der Waals surface area contributed by atoms with Crippen LogP contribution in [0.15, 0.2) is 91.0 Å². The van der Waals surface area contributed by atoms with Crippen molar-refractivity contribution in [2.24, 2.45) is 0 Å². The Bertz CT molecular complexity index is 584. The van der Waals surface area contributed by atoms with Gasteiger partial charge in [0.15, 0.2) is 7.74 Å². The lowest BCUT2D eigenvalue weighted by atomic mass is 10.3. The van der Waals surface area contributed by atoms with Crippen molar-refractivity contribution in [2.75, 3.05) is 6.66 Å².